The second kappa shape index (κ2) is 8.52. The van der Waals surface area contributed by atoms with Gasteiger partial charge in [0.1, 0.15) is 5.69 Å². The molecule has 5 nitrogen and oxygen atoms in total. The number of rotatable bonds is 6. The van der Waals surface area contributed by atoms with Gasteiger partial charge in [-0.2, -0.15) is 0 Å². The van der Waals surface area contributed by atoms with Crippen LogP contribution in [-0.4, -0.2) is 27.9 Å². The van der Waals surface area contributed by atoms with E-state index in [0.717, 1.165) is 12.8 Å². The molecule has 0 spiro atoms. The Morgan fingerprint density at radius 1 is 0.806 bits per heavy atom. The minimum atomic E-state index is -0.299. The molecular formula is C26H27N3O2. The maximum Gasteiger partial charge on any atom is 0.292 e. The fourth-order valence-corrected chi connectivity index (χ4v) is 5.53. The Morgan fingerprint density at radius 2 is 1.32 bits per heavy atom. The van der Waals surface area contributed by atoms with E-state index >= 15 is 0 Å². The van der Waals surface area contributed by atoms with Crippen LogP contribution in [0.1, 0.15) is 42.9 Å². The van der Waals surface area contributed by atoms with Gasteiger partial charge in [0.05, 0.1) is 11.0 Å². The number of nitrogens with zero attached hydrogens (tertiary/aromatic N) is 2. The van der Waals surface area contributed by atoms with Crippen LogP contribution in [0.4, 0.5) is 11.4 Å². The Kier molecular flexibility index (Phi) is 5.43. The van der Waals surface area contributed by atoms with Crippen molar-refractivity contribution in [1.82, 2.24) is 4.90 Å². The molecule has 31 heavy (non-hydrogen) atoms. The maximum absolute atomic E-state index is 11.4. The van der Waals surface area contributed by atoms with E-state index in [-0.39, 0.29) is 22.7 Å². The van der Waals surface area contributed by atoms with Gasteiger partial charge in [-0.15, -0.1) is 0 Å². The minimum absolute atomic E-state index is 0.156. The number of nitro groups is 1. The zero-order valence-corrected chi connectivity index (χ0v) is 17.4. The van der Waals surface area contributed by atoms with Crippen molar-refractivity contribution in [3.8, 4) is 0 Å². The number of hydrogen-bond acceptors (Lipinski definition) is 4. The predicted octanol–water partition coefficient (Wildman–Crippen LogP) is 5.79. The highest BCUT2D eigenvalue weighted by molar-refractivity contribution is 5.61. The third kappa shape index (κ3) is 3.93. The lowest BCUT2D eigenvalue weighted by atomic mass is 9.89. The van der Waals surface area contributed by atoms with Crippen molar-refractivity contribution < 1.29 is 4.92 Å². The molecule has 158 valence electrons. The van der Waals surface area contributed by atoms with E-state index in [4.69, 9.17) is 0 Å². The predicted molar refractivity (Wildman–Crippen MR) is 123 cm³/mol. The summed E-state index contributed by atoms with van der Waals surface area (Å²) in [4.78, 5) is 13.8. The average molecular weight is 414 g/mol. The Labute approximate surface area is 182 Å². The largest absolute Gasteiger partial charge is 0.377 e. The summed E-state index contributed by atoms with van der Waals surface area (Å²) < 4.78 is 0. The van der Waals surface area contributed by atoms with E-state index in [9.17, 15) is 10.1 Å². The zero-order chi connectivity index (χ0) is 21.2. The summed E-state index contributed by atoms with van der Waals surface area (Å²) in [6.07, 6.45) is 4.35. The second-order valence-corrected chi connectivity index (χ2v) is 8.64. The quantitative estimate of drug-likeness (QED) is 0.410. The highest BCUT2D eigenvalue weighted by Gasteiger charge is 2.44. The molecule has 1 N–H and O–H groups in total. The molecule has 0 radical (unpaired) electrons. The maximum atomic E-state index is 11.4. The molecule has 1 unspecified atom stereocenters. The summed E-state index contributed by atoms with van der Waals surface area (Å²) in [6.45, 7) is 0. The van der Waals surface area contributed by atoms with Crippen LogP contribution in [0, 0.1) is 10.1 Å². The fraction of sp³-hybridized carbons (Fsp3) is 0.308. The van der Waals surface area contributed by atoms with Crippen LogP contribution in [0.5, 0.6) is 0 Å². The van der Waals surface area contributed by atoms with Gasteiger partial charge in [-0.3, -0.25) is 15.0 Å². The molecular weight excluding hydrogens is 386 g/mol. The Balaban J connectivity index is 1.41. The van der Waals surface area contributed by atoms with Crippen LogP contribution >= 0.6 is 0 Å². The first-order valence-electron chi connectivity index (χ1n) is 11.1. The van der Waals surface area contributed by atoms with Crippen LogP contribution in [0.25, 0.3) is 0 Å². The summed E-state index contributed by atoms with van der Waals surface area (Å²) in [5.41, 5.74) is 3.45. The number of nitro benzene ring substituents is 1. The third-order valence-corrected chi connectivity index (χ3v) is 6.78. The van der Waals surface area contributed by atoms with Crippen LogP contribution < -0.4 is 5.32 Å². The van der Waals surface area contributed by atoms with Crippen LogP contribution in [0.2, 0.25) is 0 Å². The number of fused-ring (bicyclic) bond motifs is 2. The summed E-state index contributed by atoms with van der Waals surface area (Å²) in [6, 6.07) is 30.0. The van der Waals surface area contributed by atoms with Gasteiger partial charge in [-0.05, 0) is 42.9 Å². The van der Waals surface area contributed by atoms with E-state index < -0.39 is 0 Å². The van der Waals surface area contributed by atoms with Crippen LogP contribution in [-0.2, 0) is 0 Å². The summed E-state index contributed by atoms with van der Waals surface area (Å²) in [5.74, 6) is 0. The van der Waals surface area contributed by atoms with Gasteiger partial charge in [-0.1, -0.05) is 72.8 Å². The van der Waals surface area contributed by atoms with Crippen molar-refractivity contribution in [2.24, 2.45) is 0 Å². The first-order chi connectivity index (χ1) is 15.2. The number of nitrogens with one attached hydrogen (secondary N) is 1. The molecule has 2 saturated heterocycles. The number of anilines is 1. The van der Waals surface area contributed by atoms with Crippen molar-refractivity contribution in [3.63, 3.8) is 0 Å². The molecule has 0 aliphatic carbocycles. The third-order valence-electron chi connectivity index (χ3n) is 6.78. The summed E-state index contributed by atoms with van der Waals surface area (Å²) in [5, 5.41) is 14.9. The Morgan fingerprint density at radius 3 is 1.87 bits per heavy atom. The van der Waals surface area contributed by atoms with Crippen molar-refractivity contribution >= 4 is 11.4 Å². The van der Waals surface area contributed by atoms with Crippen molar-refractivity contribution in [3.05, 3.63) is 106 Å². The first-order valence-corrected chi connectivity index (χ1v) is 11.1. The minimum Gasteiger partial charge on any atom is -0.377 e. The molecule has 2 aliphatic heterocycles. The fourth-order valence-electron chi connectivity index (χ4n) is 5.53. The summed E-state index contributed by atoms with van der Waals surface area (Å²) >= 11 is 0. The first kappa shape index (κ1) is 19.8. The van der Waals surface area contributed by atoms with Gasteiger partial charge in [-0.25, -0.2) is 0 Å². The molecule has 0 aromatic heterocycles. The van der Waals surface area contributed by atoms with Gasteiger partial charge < -0.3 is 5.32 Å². The van der Waals surface area contributed by atoms with E-state index in [0.29, 0.717) is 17.8 Å². The second-order valence-electron chi connectivity index (χ2n) is 8.64. The average Bonchev–Trinajstić information content (AvgIpc) is 3.05. The lowest BCUT2D eigenvalue weighted by molar-refractivity contribution is -0.384. The van der Waals surface area contributed by atoms with Crippen LogP contribution in [0.15, 0.2) is 84.9 Å². The highest BCUT2D eigenvalue weighted by atomic mass is 16.6. The normalized spacial score (nSPS) is 23.1. The van der Waals surface area contributed by atoms with Crippen LogP contribution in [0.3, 0.4) is 0 Å². The highest BCUT2D eigenvalue weighted by Crippen LogP contribution is 2.45. The van der Waals surface area contributed by atoms with Crippen molar-refractivity contribution in [2.45, 2.75) is 49.9 Å². The number of piperidine rings is 1. The number of benzene rings is 3. The van der Waals surface area contributed by atoms with Gasteiger partial charge in [0.2, 0.25) is 0 Å². The SMILES string of the molecule is O=[N+]([O-])c1ccccc1NC1C[C@H]2CC[C@@H](C1)N2C(c1ccccc1)c1ccccc1. The summed E-state index contributed by atoms with van der Waals surface area (Å²) in [7, 11) is 0. The smallest absolute Gasteiger partial charge is 0.292 e. The van der Waals surface area contributed by atoms with Crippen molar-refractivity contribution in [2.75, 3.05) is 5.32 Å². The number of para-hydroxylation sites is 2. The standard InChI is InChI=1S/C26H27N3O2/c30-29(31)25-14-8-7-13-24(25)27-21-17-22-15-16-23(18-21)28(22)26(19-9-3-1-4-10-19)20-11-5-2-6-12-20/h1-14,21-23,26-27H,15-18H2/t21?,22-,23+. The van der Waals surface area contributed by atoms with Gasteiger partial charge in [0.25, 0.3) is 5.69 Å². The molecule has 2 heterocycles. The number of hydrogen-bond donors (Lipinski definition) is 1. The molecule has 3 aromatic rings. The molecule has 2 fully saturated rings. The Bertz CT molecular complexity index is 987. The van der Waals surface area contributed by atoms with E-state index in [1.54, 1.807) is 12.1 Å². The van der Waals surface area contributed by atoms with Gasteiger partial charge in [0.15, 0.2) is 0 Å². The van der Waals surface area contributed by atoms with E-state index in [1.165, 1.54) is 24.0 Å². The topological polar surface area (TPSA) is 58.4 Å². The van der Waals surface area contributed by atoms with Gasteiger partial charge >= 0.3 is 0 Å². The Hall–Kier alpha value is -3.18. The van der Waals surface area contributed by atoms with Crippen molar-refractivity contribution in [1.29, 1.82) is 0 Å². The molecule has 5 heteroatoms. The van der Waals surface area contributed by atoms with E-state index in [2.05, 4.69) is 70.9 Å². The monoisotopic (exact) mass is 413 g/mol. The lowest BCUT2D eigenvalue weighted by Crippen LogP contribution is -2.48. The van der Waals surface area contributed by atoms with Gasteiger partial charge in [0, 0.05) is 24.2 Å². The lowest BCUT2D eigenvalue weighted by Gasteiger charge is -2.44. The van der Waals surface area contributed by atoms with E-state index in [1.807, 2.05) is 12.1 Å². The molecule has 3 aromatic carbocycles. The molecule has 5 rings (SSSR count). The molecule has 2 bridgehead atoms. The molecule has 0 amide bonds. The molecule has 3 atom stereocenters. The zero-order valence-electron chi connectivity index (χ0n) is 17.4. The molecule has 2 aliphatic rings. The molecule has 0 saturated carbocycles.